The molecule has 17 heteroatoms. The van der Waals surface area contributed by atoms with Crippen molar-refractivity contribution in [1.29, 1.82) is 0 Å². The topological polar surface area (TPSA) is 181 Å². The van der Waals surface area contributed by atoms with Gasteiger partial charge in [-0.2, -0.15) is 0 Å². The highest BCUT2D eigenvalue weighted by Gasteiger charge is 2.23. The largest absolute Gasteiger partial charge is 0.487 e. The highest BCUT2D eigenvalue weighted by molar-refractivity contribution is 6.04. The molecule has 1 N–H and O–H groups in total. The van der Waals surface area contributed by atoms with E-state index >= 15 is 0 Å². The van der Waals surface area contributed by atoms with Gasteiger partial charge in [0.1, 0.15) is 13.2 Å². The SMILES string of the molecule is COC(=O)c1cc2c(cc1C(=O)OC)OCCOCCOCCN(Cc1cn(CCOCCOCCO)nn1)CCOCCOCCO2. The minimum atomic E-state index is -0.718. The van der Waals surface area contributed by atoms with Gasteiger partial charge in [-0.15, -0.1) is 5.10 Å². The zero-order chi connectivity index (χ0) is 34.2. The van der Waals surface area contributed by atoms with E-state index in [1.165, 1.54) is 26.4 Å². The number of carbonyl (C=O) groups excluding carboxylic acids is 2. The maximum absolute atomic E-state index is 12.4. The quantitative estimate of drug-likeness (QED) is 0.237. The number of aliphatic hydroxyl groups excluding tert-OH is 1. The number of fused-ring (bicyclic) bond motifs is 1. The summed E-state index contributed by atoms with van der Waals surface area (Å²) in [6, 6.07) is 2.78. The number of methoxy groups -OCH3 is 2. The molecule has 0 unspecified atom stereocenters. The molecule has 1 aromatic heterocycles. The Balaban J connectivity index is 1.50. The van der Waals surface area contributed by atoms with Gasteiger partial charge in [0, 0.05) is 25.8 Å². The summed E-state index contributed by atoms with van der Waals surface area (Å²) >= 11 is 0. The second-order valence-corrected chi connectivity index (χ2v) is 10.2. The Morgan fingerprint density at radius 2 is 1.23 bits per heavy atom. The zero-order valence-electron chi connectivity index (χ0n) is 27.8. The number of carbonyl (C=O) groups is 2. The summed E-state index contributed by atoms with van der Waals surface area (Å²) in [4.78, 5) is 26.9. The van der Waals surface area contributed by atoms with E-state index in [4.69, 9.17) is 52.5 Å². The fourth-order valence-electron chi connectivity index (χ4n) is 4.36. The first-order chi connectivity index (χ1) is 23.5. The molecule has 0 spiro atoms. The number of benzene rings is 1. The van der Waals surface area contributed by atoms with E-state index in [1.54, 1.807) is 4.68 Å². The molecule has 48 heavy (non-hydrogen) atoms. The van der Waals surface area contributed by atoms with Gasteiger partial charge in [-0.3, -0.25) is 4.90 Å². The van der Waals surface area contributed by atoms with Crippen molar-refractivity contribution in [3.63, 3.8) is 0 Å². The Kier molecular flexibility index (Phi) is 19.4. The fraction of sp³-hybridized carbons (Fsp3) is 0.677. The second-order valence-electron chi connectivity index (χ2n) is 10.2. The number of rotatable bonds is 12. The van der Waals surface area contributed by atoms with Crippen LogP contribution in [0.4, 0.5) is 0 Å². The smallest absolute Gasteiger partial charge is 0.338 e. The minimum absolute atomic E-state index is 0.00590. The Hall–Kier alpha value is -3.42. The monoisotopic (exact) mass is 684 g/mol. The number of hydrogen-bond donors (Lipinski definition) is 1. The average Bonchev–Trinajstić information content (AvgIpc) is 3.55. The van der Waals surface area contributed by atoms with Crippen molar-refractivity contribution in [2.45, 2.75) is 13.1 Å². The molecule has 0 amide bonds. The van der Waals surface area contributed by atoms with Gasteiger partial charge in [-0.05, 0) is 12.1 Å². The van der Waals surface area contributed by atoms with Gasteiger partial charge in [0.05, 0.1) is 123 Å². The van der Waals surface area contributed by atoms with Crippen LogP contribution in [0.3, 0.4) is 0 Å². The van der Waals surface area contributed by atoms with Crippen LogP contribution in [-0.2, 0) is 51.0 Å². The van der Waals surface area contributed by atoms with Crippen LogP contribution in [0, 0.1) is 0 Å². The highest BCUT2D eigenvalue weighted by atomic mass is 16.6. The van der Waals surface area contributed by atoms with Crippen LogP contribution < -0.4 is 9.47 Å². The van der Waals surface area contributed by atoms with Crippen LogP contribution in [0.2, 0.25) is 0 Å². The number of nitrogens with zero attached hydrogens (tertiary/aromatic N) is 4. The van der Waals surface area contributed by atoms with E-state index in [0.29, 0.717) is 92.2 Å². The van der Waals surface area contributed by atoms with Gasteiger partial charge in [0.25, 0.3) is 0 Å². The summed E-state index contributed by atoms with van der Waals surface area (Å²) in [6.45, 7) is 7.32. The van der Waals surface area contributed by atoms with Gasteiger partial charge < -0.3 is 52.5 Å². The standard InChI is InChI=1S/C31H48N4O13/c1-39-30(37)26-21-28-29(22-27(26)31(38)40-2)48-20-18-46-16-13-42-8-4-34(3-7-41-12-15-45-17-19-47-28)23-25-24-35(33-32-25)5-9-43-11-14-44-10-6-36/h21-22,24,36H,3-20,23H2,1-2H3. The molecule has 17 nitrogen and oxygen atoms in total. The first kappa shape index (κ1) is 39.0. The van der Waals surface area contributed by atoms with Crippen LogP contribution in [0.1, 0.15) is 26.4 Å². The lowest BCUT2D eigenvalue weighted by atomic mass is 10.1. The summed E-state index contributed by atoms with van der Waals surface area (Å²) < 4.78 is 56.7. The highest BCUT2D eigenvalue weighted by Crippen LogP contribution is 2.32. The zero-order valence-corrected chi connectivity index (χ0v) is 27.8. The van der Waals surface area contributed by atoms with Crippen LogP contribution in [-0.4, -0.2) is 163 Å². The molecule has 0 atom stereocenters. The summed E-state index contributed by atoms with van der Waals surface area (Å²) in [5, 5.41) is 17.2. The first-order valence-electron chi connectivity index (χ1n) is 15.8. The van der Waals surface area contributed by atoms with Crippen molar-refractivity contribution in [2.24, 2.45) is 0 Å². The number of aliphatic hydroxyl groups is 1. The van der Waals surface area contributed by atoms with E-state index in [9.17, 15) is 9.59 Å². The summed E-state index contributed by atoms with van der Waals surface area (Å²) in [5.41, 5.74) is 0.791. The molecule has 1 aromatic carbocycles. The molecule has 1 aliphatic heterocycles. The van der Waals surface area contributed by atoms with Crippen molar-refractivity contribution < 1.29 is 62.1 Å². The lowest BCUT2D eigenvalue weighted by molar-refractivity contribution is 0.0170. The van der Waals surface area contributed by atoms with Gasteiger partial charge in [0.15, 0.2) is 11.5 Å². The molecule has 0 saturated carbocycles. The minimum Gasteiger partial charge on any atom is -0.487 e. The Morgan fingerprint density at radius 3 is 1.75 bits per heavy atom. The van der Waals surface area contributed by atoms with Crippen LogP contribution >= 0.6 is 0 Å². The molecule has 2 aromatic rings. The second kappa shape index (κ2) is 23.8. The number of hydrogen-bond acceptors (Lipinski definition) is 16. The van der Waals surface area contributed by atoms with Crippen molar-refractivity contribution in [1.82, 2.24) is 19.9 Å². The number of ether oxygens (including phenoxy) is 10. The molecule has 0 radical (unpaired) electrons. The van der Waals surface area contributed by atoms with Gasteiger partial charge >= 0.3 is 11.9 Å². The molecule has 2 heterocycles. The Bertz CT molecular complexity index is 1140. The van der Waals surface area contributed by atoms with Crippen LogP contribution in [0.5, 0.6) is 11.5 Å². The average molecular weight is 685 g/mol. The molecular weight excluding hydrogens is 636 g/mol. The van der Waals surface area contributed by atoms with Crippen LogP contribution in [0.15, 0.2) is 18.3 Å². The predicted octanol–water partition coefficient (Wildman–Crippen LogP) is 0.217. The Morgan fingerprint density at radius 1 is 0.729 bits per heavy atom. The van der Waals surface area contributed by atoms with E-state index in [1.807, 2.05) is 6.20 Å². The number of aromatic nitrogens is 3. The van der Waals surface area contributed by atoms with Crippen molar-refractivity contribution in [2.75, 3.05) is 126 Å². The van der Waals surface area contributed by atoms with Crippen molar-refractivity contribution in [3.8, 4) is 11.5 Å². The first-order valence-corrected chi connectivity index (χ1v) is 15.8. The lowest BCUT2D eigenvalue weighted by Gasteiger charge is -2.21. The Labute approximate surface area is 280 Å². The molecule has 0 fully saturated rings. The predicted molar refractivity (Wildman–Crippen MR) is 167 cm³/mol. The van der Waals surface area contributed by atoms with E-state index < -0.39 is 11.9 Å². The van der Waals surface area contributed by atoms with E-state index in [2.05, 4.69) is 15.2 Å². The van der Waals surface area contributed by atoms with Gasteiger partial charge in [-0.25, -0.2) is 14.3 Å². The maximum Gasteiger partial charge on any atom is 0.338 e. The molecular formula is C31H48N4O13. The normalized spacial score (nSPS) is 16.5. The van der Waals surface area contributed by atoms with E-state index in [-0.39, 0.29) is 55.7 Å². The molecule has 0 bridgehead atoms. The fourth-order valence-corrected chi connectivity index (χ4v) is 4.36. The lowest BCUT2D eigenvalue weighted by Crippen LogP contribution is -2.31. The van der Waals surface area contributed by atoms with Crippen LogP contribution in [0.25, 0.3) is 0 Å². The molecule has 3 rings (SSSR count). The summed E-state index contributed by atoms with van der Waals surface area (Å²) in [5.74, 6) is -0.952. The van der Waals surface area contributed by atoms with Gasteiger partial charge in [-0.1, -0.05) is 5.21 Å². The maximum atomic E-state index is 12.4. The third-order valence-corrected chi connectivity index (χ3v) is 6.76. The van der Waals surface area contributed by atoms with Crippen molar-refractivity contribution in [3.05, 3.63) is 35.2 Å². The third kappa shape index (κ3) is 14.8. The molecule has 270 valence electrons. The van der Waals surface area contributed by atoms with E-state index in [0.717, 1.165) is 5.69 Å². The molecule has 0 aliphatic carbocycles. The molecule has 0 saturated heterocycles. The molecule has 1 aliphatic rings. The number of esters is 2. The summed E-state index contributed by atoms with van der Waals surface area (Å²) in [6.07, 6.45) is 1.89. The van der Waals surface area contributed by atoms with Gasteiger partial charge in [0.2, 0.25) is 0 Å². The van der Waals surface area contributed by atoms with Crippen molar-refractivity contribution >= 4 is 11.9 Å². The third-order valence-electron chi connectivity index (χ3n) is 6.76. The summed E-state index contributed by atoms with van der Waals surface area (Å²) in [7, 11) is 2.44.